The van der Waals surface area contributed by atoms with E-state index in [9.17, 15) is 0 Å². The zero-order chi connectivity index (χ0) is 13.7. The largest absolute Gasteiger partial charge is 0.497 e. The Balaban J connectivity index is 2.07. The lowest BCUT2D eigenvalue weighted by molar-refractivity contribution is 0.0407. The first-order chi connectivity index (χ1) is 8.97. The van der Waals surface area contributed by atoms with E-state index in [2.05, 4.69) is 39.0 Å². The topological polar surface area (TPSA) is 9.23 Å². The van der Waals surface area contributed by atoms with Crippen molar-refractivity contribution >= 4 is 0 Å². The van der Waals surface area contributed by atoms with E-state index in [1.54, 1.807) is 12.7 Å². The second-order valence-electron chi connectivity index (χ2n) is 7.37. The summed E-state index contributed by atoms with van der Waals surface area (Å²) in [4.78, 5) is 0. The van der Waals surface area contributed by atoms with Gasteiger partial charge in [0.15, 0.2) is 0 Å². The van der Waals surface area contributed by atoms with E-state index in [1.165, 1.54) is 37.7 Å². The van der Waals surface area contributed by atoms with Gasteiger partial charge in [0.1, 0.15) is 5.75 Å². The van der Waals surface area contributed by atoms with Crippen LogP contribution < -0.4 is 4.74 Å². The molecule has 19 heavy (non-hydrogen) atoms. The summed E-state index contributed by atoms with van der Waals surface area (Å²) in [6.45, 7) is 7.45. The Morgan fingerprint density at radius 2 is 1.95 bits per heavy atom. The lowest BCUT2D eigenvalue weighted by Gasteiger charge is -2.54. The Hall–Kier alpha value is -0.980. The molecule has 2 aliphatic carbocycles. The van der Waals surface area contributed by atoms with Crippen molar-refractivity contribution in [2.24, 2.45) is 11.3 Å². The number of benzene rings is 1. The number of hydrogen-bond acceptors (Lipinski definition) is 1. The van der Waals surface area contributed by atoms with Gasteiger partial charge >= 0.3 is 0 Å². The smallest absolute Gasteiger partial charge is 0.119 e. The van der Waals surface area contributed by atoms with Crippen molar-refractivity contribution in [1.29, 1.82) is 0 Å². The molecule has 0 unspecified atom stereocenters. The lowest BCUT2D eigenvalue weighted by atomic mass is 9.50. The second kappa shape index (κ2) is 4.26. The first-order valence-electron chi connectivity index (χ1n) is 7.65. The SMILES string of the molecule is COc1ccc2c(c1)CC[C@@H]1C(C)(C)CCC[C@]21C. The molecule has 1 nitrogen and oxygen atoms in total. The monoisotopic (exact) mass is 258 g/mol. The fourth-order valence-electron chi connectivity index (χ4n) is 4.91. The molecule has 2 atom stereocenters. The van der Waals surface area contributed by atoms with E-state index in [-0.39, 0.29) is 0 Å². The molecule has 0 heterocycles. The first kappa shape index (κ1) is 13.0. The summed E-state index contributed by atoms with van der Waals surface area (Å²) >= 11 is 0. The van der Waals surface area contributed by atoms with E-state index in [0.717, 1.165) is 11.7 Å². The van der Waals surface area contributed by atoms with Crippen molar-refractivity contribution in [3.63, 3.8) is 0 Å². The minimum absolute atomic E-state index is 0.377. The Morgan fingerprint density at radius 3 is 2.68 bits per heavy atom. The van der Waals surface area contributed by atoms with Crippen LogP contribution in [0.1, 0.15) is 57.6 Å². The predicted octanol–water partition coefficient (Wildman–Crippen LogP) is 4.73. The highest BCUT2D eigenvalue weighted by Crippen LogP contribution is 2.57. The van der Waals surface area contributed by atoms with Gasteiger partial charge in [0, 0.05) is 0 Å². The molecule has 1 fully saturated rings. The summed E-state index contributed by atoms with van der Waals surface area (Å²) in [6, 6.07) is 6.74. The lowest BCUT2D eigenvalue weighted by Crippen LogP contribution is -2.47. The molecular formula is C18H26O. The van der Waals surface area contributed by atoms with Gasteiger partial charge in [-0.2, -0.15) is 0 Å². The first-order valence-corrected chi connectivity index (χ1v) is 7.65. The van der Waals surface area contributed by atoms with Gasteiger partial charge in [-0.25, -0.2) is 0 Å². The van der Waals surface area contributed by atoms with Crippen LogP contribution in [-0.2, 0) is 11.8 Å². The highest BCUT2D eigenvalue weighted by Gasteiger charge is 2.49. The van der Waals surface area contributed by atoms with Gasteiger partial charge in [-0.3, -0.25) is 0 Å². The maximum Gasteiger partial charge on any atom is 0.119 e. The molecule has 0 spiro atoms. The molecule has 0 bridgehead atoms. The molecule has 1 aromatic carbocycles. The maximum atomic E-state index is 5.39. The molecule has 1 saturated carbocycles. The van der Waals surface area contributed by atoms with Crippen LogP contribution in [0, 0.1) is 11.3 Å². The highest BCUT2D eigenvalue weighted by molar-refractivity contribution is 5.43. The normalized spacial score (nSPS) is 32.3. The average Bonchev–Trinajstić information content (AvgIpc) is 2.37. The number of ether oxygens (including phenoxy) is 1. The molecule has 0 amide bonds. The van der Waals surface area contributed by atoms with Crippen molar-refractivity contribution in [2.75, 3.05) is 7.11 Å². The van der Waals surface area contributed by atoms with Crippen LogP contribution in [-0.4, -0.2) is 7.11 Å². The molecule has 1 aromatic rings. The molecule has 0 aliphatic heterocycles. The third-order valence-electron chi connectivity index (χ3n) is 5.86. The van der Waals surface area contributed by atoms with Crippen LogP contribution in [0.4, 0.5) is 0 Å². The molecule has 0 aromatic heterocycles. The molecule has 0 radical (unpaired) electrons. The van der Waals surface area contributed by atoms with E-state index in [4.69, 9.17) is 4.74 Å². The van der Waals surface area contributed by atoms with E-state index in [0.29, 0.717) is 10.8 Å². The summed E-state index contributed by atoms with van der Waals surface area (Å²) in [5.41, 5.74) is 3.99. The number of methoxy groups -OCH3 is 1. The predicted molar refractivity (Wildman–Crippen MR) is 79.8 cm³/mol. The summed E-state index contributed by atoms with van der Waals surface area (Å²) in [5.74, 6) is 1.84. The summed E-state index contributed by atoms with van der Waals surface area (Å²) in [7, 11) is 1.76. The fourth-order valence-corrected chi connectivity index (χ4v) is 4.91. The van der Waals surface area contributed by atoms with E-state index >= 15 is 0 Å². The highest BCUT2D eigenvalue weighted by atomic mass is 16.5. The van der Waals surface area contributed by atoms with Gasteiger partial charge in [0.2, 0.25) is 0 Å². The Labute approximate surface area is 117 Å². The van der Waals surface area contributed by atoms with Crippen LogP contribution in [0.25, 0.3) is 0 Å². The summed E-state index contributed by atoms with van der Waals surface area (Å²) < 4.78 is 5.39. The van der Waals surface area contributed by atoms with Crippen molar-refractivity contribution in [1.82, 2.24) is 0 Å². The van der Waals surface area contributed by atoms with Crippen molar-refractivity contribution < 1.29 is 4.74 Å². The van der Waals surface area contributed by atoms with Gasteiger partial charge in [-0.15, -0.1) is 0 Å². The summed E-state index contributed by atoms with van der Waals surface area (Å²) in [5, 5.41) is 0. The molecular weight excluding hydrogens is 232 g/mol. The van der Waals surface area contributed by atoms with Crippen LogP contribution in [0.2, 0.25) is 0 Å². The van der Waals surface area contributed by atoms with Crippen molar-refractivity contribution in [3.8, 4) is 5.75 Å². The van der Waals surface area contributed by atoms with Gasteiger partial charge in [0.05, 0.1) is 7.11 Å². The van der Waals surface area contributed by atoms with Crippen molar-refractivity contribution in [2.45, 2.75) is 58.3 Å². The zero-order valence-electron chi connectivity index (χ0n) is 12.8. The minimum Gasteiger partial charge on any atom is -0.497 e. The van der Waals surface area contributed by atoms with Crippen LogP contribution in [0.15, 0.2) is 18.2 Å². The molecule has 3 rings (SSSR count). The third kappa shape index (κ3) is 1.89. The molecule has 2 aliphatic rings. The van der Waals surface area contributed by atoms with E-state index in [1.807, 2.05) is 0 Å². The van der Waals surface area contributed by atoms with Crippen LogP contribution in [0.5, 0.6) is 5.75 Å². The number of aryl methyl sites for hydroxylation is 1. The number of fused-ring (bicyclic) bond motifs is 3. The quantitative estimate of drug-likeness (QED) is 0.708. The van der Waals surface area contributed by atoms with Gasteiger partial charge in [-0.05, 0) is 65.7 Å². The second-order valence-corrected chi connectivity index (χ2v) is 7.37. The number of rotatable bonds is 1. The Bertz CT molecular complexity index is 488. The molecule has 104 valence electrons. The third-order valence-corrected chi connectivity index (χ3v) is 5.86. The molecule has 1 heteroatoms. The van der Waals surface area contributed by atoms with Crippen molar-refractivity contribution in [3.05, 3.63) is 29.3 Å². The van der Waals surface area contributed by atoms with Gasteiger partial charge in [0.25, 0.3) is 0 Å². The zero-order valence-corrected chi connectivity index (χ0v) is 12.8. The Morgan fingerprint density at radius 1 is 1.16 bits per heavy atom. The molecule has 0 saturated heterocycles. The minimum atomic E-state index is 0.377. The average molecular weight is 258 g/mol. The van der Waals surface area contributed by atoms with Gasteiger partial charge < -0.3 is 4.74 Å². The number of hydrogen-bond donors (Lipinski definition) is 0. The van der Waals surface area contributed by atoms with Gasteiger partial charge in [-0.1, -0.05) is 33.3 Å². The summed E-state index contributed by atoms with van der Waals surface area (Å²) in [6.07, 6.45) is 6.66. The Kier molecular flexibility index (Phi) is 2.92. The standard InChI is InChI=1S/C18H26O/c1-17(2)10-5-11-18(3)15-8-7-14(19-4)12-13(15)6-9-16(17)18/h7-8,12,16H,5-6,9-11H2,1-4H3/t16-,18-/m1/s1. The van der Waals surface area contributed by atoms with Crippen LogP contribution in [0.3, 0.4) is 0 Å². The van der Waals surface area contributed by atoms with Crippen LogP contribution >= 0.6 is 0 Å². The molecule has 0 N–H and O–H groups in total. The van der Waals surface area contributed by atoms with E-state index < -0.39 is 0 Å². The maximum absolute atomic E-state index is 5.39. The fraction of sp³-hybridized carbons (Fsp3) is 0.667.